The van der Waals surface area contributed by atoms with Crippen LogP contribution >= 0.6 is 24.8 Å². The quantitative estimate of drug-likeness (QED) is 0.851. The Labute approximate surface area is 120 Å². The number of pyridine rings is 1. The molecule has 0 amide bonds. The average Bonchev–Trinajstić information content (AvgIpc) is 2.69. The van der Waals surface area contributed by atoms with Crippen LogP contribution in [0.4, 0.5) is 0 Å². The lowest BCUT2D eigenvalue weighted by molar-refractivity contribution is 0.111. The third kappa shape index (κ3) is 4.61. The summed E-state index contributed by atoms with van der Waals surface area (Å²) in [7, 11) is 3.87. The zero-order chi connectivity index (χ0) is 11.4. The first-order valence-corrected chi connectivity index (χ1v) is 5.55. The maximum atomic E-state index is 5.69. The number of likely N-dealkylation sites (tertiary alicyclic amines) is 1. The smallest absolute Gasteiger partial charge is 0.137 e. The summed E-state index contributed by atoms with van der Waals surface area (Å²) < 4.78 is 11.0. The van der Waals surface area contributed by atoms with Crippen molar-refractivity contribution >= 4 is 24.8 Å². The number of hydrogen-bond donors (Lipinski definition) is 0. The van der Waals surface area contributed by atoms with Gasteiger partial charge in [0.2, 0.25) is 0 Å². The van der Waals surface area contributed by atoms with Gasteiger partial charge in [-0.15, -0.1) is 24.8 Å². The van der Waals surface area contributed by atoms with Crippen LogP contribution in [0.2, 0.25) is 0 Å². The van der Waals surface area contributed by atoms with E-state index in [1.165, 1.54) is 0 Å². The van der Waals surface area contributed by atoms with Crippen molar-refractivity contribution in [3.63, 3.8) is 0 Å². The van der Waals surface area contributed by atoms with Gasteiger partial charge in [0.25, 0.3) is 0 Å². The Morgan fingerprint density at radius 3 is 2.78 bits per heavy atom. The number of nitrogens with zero attached hydrogens (tertiary/aromatic N) is 2. The number of methoxy groups -OCH3 is 1. The van der Waals surface area contributed by atoms with E-state index in [0.717, 1.165) is 18.7 Å². The molecule has 2 unspecified atom stereocenters. The Kier molecular flexibility index (Phi) is 8.27. The van der Waals surface area contributed by atoms with Gasteiger partial charge in [-0.05, 0) is 25.6 Å². The van der Waals surface area contributed by atoms with E-state index in [-0.39, 0.29) is 24.8 Å². The molecule has 1 saturated heterocycles. The first kappa shape index (κ1) is 17.4. The average molecular weight is 295 g/mol. The van der Waals surface area contributed by atoms with Crippen molar-refractivity contribution in [3.05, 3.63) is 24.5 Å². The summed E-state index contributed by atoms with van der Waals surface area (Å²) in [6.45, 7) is 1.68. The molecule has 1 fully saturated rings. The van der Waals surface area contributed by atoms with Crippen molar-refractivity contribution in [2.75, 3.05) is 27.3 Å². The summed E-state index contributed by atoms with van der Waals surface area (Å²) in [6, 6.07) is 4.24. The van der Waals surface area contributed by atoms with Crippen LogP contribution in [-0.2, 0) is 4.74 Å². The summed E-state index contributed by atoms with van der Waals surface area (Å²) in [6.07, 6.45) is 4.86. The molecular formula is C12H20Cl2N2O2. The first-order chi connectivity index (χ1) is 7.79. The minimum atomic E-state index is 0. The van der Waals surface area contributed by atoms with Crippen molar-refractivity contribution < 1.29 is 9.47 Å². The zero-order valence-corrected chi connectivity index (χ0v) is 12.2. The Hall–Kier alpha value is -0.550. The lowest BCUT2D eigenvalue weighted by Crippen LogP contribution is -2.30. The van der Waals surface area contributed by atoms with E-state index in [1.807, 2.05) is 12.1 Å². The van der Waals surface area contributed by atoms with Crippen LogP contribution in [0, 0.1) is 0 Å². The first-order valence-electron chi connectivity index (χ1n) is 5.55. The standard InChI is InChI=1S/C12H18N2O2.2ClH/c1-14-8-12(15-2)6-10(14)9-16-11-4-3-5-13-7-11;;/h3-5,7,10,12H,6,8-9H2,1-2H3;2*1H. The van der Waals surface area contributed by atoms with Gasteiger partial charge in [0.1, 0.15) is 12.4 Å². The molecule has 1 aromatic rings. The third-order valence-electron chi connectivity index (χ3n) is 3.06. The summed E-state index contributed by atoms with van der Waals surface area (Å²) in [5, 5.41) is 0. The zero-order valence-electron chi connectivity index (χ0n) is 10.6. The number of ether oxygens (including phenoxy) is 2. The van der Waals surface area contributed by atoms with Gasteiger partial charge in [0, 0.05) is 25.9 Å². The van der Waals surface area contributed by atoms with Gasteiger partial charge in [0.05, 0.1) is 12.3 Å². The van der Waals surface area contributed by atoms with E-state index in [9.17, 15) is 0 Å². The van der Waals surface area contributed by atoms with Gasteiger partial charge >= 0.3 is 0 Å². The lowest BCUT2D eigenvalue weighted by atomic mass is 10.2. The van der Waals surface area contributed by atoms with Gasteiger partial charge in [-0.25, -0.2) is 0 Å². The van der Waals surface area contributed by atoms with Crippen LogP contribution in [0.15, 0.2) is 24.5 Å². The molecule has 0 spiro atoms. The molecule has 0 aromatic carbocycles. The Morgan fingerprint density at radius 2 is 2.22 bits per heavy atom. The normalized spacial score (nSPS) is 23.0. The number of likely N-dealkylation sites (N-methyl/N-ethyl adjacent to an activating group) is 1. The highest BCUT2D eigenvalue weighted by Gasteiger charge is 2.29. The summed E-state index contributed by atoms with van der Waals surface area (Å²) >= 11 is 0. The number of halogens is 2. The molecule has 0 radical (unpaired) electrons. The van der Waals surface area contributed by atoms with E-state index < -0.39 is 0 Å². The highest BCUT2D eigenvalue weighted by atomic mass is 35.5. The molecule has 4 nitrogen and oxygen atoms in total. The molecule has 2 rings (SSSR count). The van der Waals surface area contributed by atoms with Crippen molar-refractivity contribution in [1.29, 1.82) is 0 Å². The SMILES string of the molecule is COC1CC(COc2cccnc2)N(C)C1.Cl.Cl. The minimum absolute atomic E-state index is 0. The molecule has 0 N–H and O–H groups in total. The van der Waals surface area contributed by atoms with Gasteiger partial charge in [0.15, 0.2) is 0 Å². The lowest BCUT2D eigenvalue weighted by Gasteiger charge is -2.18. The predicted octanol–water partition coefficient (Wildman–Crippen LogP) is 2.02. The van der Waals surface area contributed by atoms with Crippen LogP contribution in [0.1, 0.15) is 6.42 Å². The summed E-state index contributed by atoms with van der Waals surface area (Å²) in [4.78, 5) is 6.30. The second-order valence-electron chi connectivity index (χ2n) is 4.19. The monoisotopic (exact) mass is 294 g/mol. The fraction of sp³-hybridized carbons (Fsp3) is 0.583. The van der Waals surface area contributed by atoms with E-state index in [2.05, 4.69) is 16.9 Å². The van der Waals surface area contributed by atoms with Gasteiger partial charge in [-0.3, -0.25) is 9.88 Å². The molecule has 1 aliphatic rings. The Morgan fingerprint density at radius 1 is 1.44 bits per heavy atom. The molecule has 6 heteroatoms. The minimum Gasteiger partial charge on any atom is -0.490 e. The topological polar surface area (TPSA) is 34.6 Å². The molecule has 104 valence electrons. The van der Waals surface area contributed by atoms with Gasteiger partial charge in [-0.2, -0.15) is 0 Å². The van der Waals surface area contributed by atoms with Crippen molar-refractivity contribution in [3.8, 4) is 5.75 Å². The van der Waals surface area contributed by atoms with E-state index in [1.54, 1.807) is 19.5 Å². The molecular weight excluding hydrogens is 275 g/mol. The van der Waals surface area contributed by atoms with Gasteiger partial charge < -0.3 is 9.47 Å². The van der Waals surface area contributed by atoms with E-state index in [4.69, 9.17) is 9.47 Å². The van der Waals surface area contributed by atoms with Crippen molar-refractivity contribution in [1.82, 2.24) is 9.88 Å². The largest absolute Gasteiger partial charge is 0.490 e. The van der Waals surface area contributed by atoms with E-state index >= 15 is 0 Å². The fourth-order valence-corrected chi connectivity index (χ4v) is 2.02. The summed E-state index contributed by atoms with van der Waals surface area (Å²) in [5.41, 5.74) is 0. The van der Waals surface area contributed by atoms with Crippen molar-refractivity contribution in [2.45, 2.75) is 18.6 Å². The highest BCUT2D eigenvalue weighted by molar-refractivity contribution is 5.85. The molecule has 0 aliphatic carbocycles. The van der Waals surface area contributed by atoms with E-state index in [0.29, 0.717) is 18.8 Å². The molecule has 1 aromatic heterocycles. The maximum absolute atomic E-state index is 5.69. The van der Waals surface area contributed by atoms with Crippen LogP contribution < -0.4 is 4.74 Å². The second kappa shape index (κ2) is 8.53. The van der Waals surface area contributed by atoms with Crippen molar-refractivity contribution in [2.24, 2.45) is 0 Å². The Balaban J connectivity index is 0.00000144. The Bertz CT molecular complexity index is 327. The number of rotatable bonds is 4. The van der Waals surface area contributed by atoms with Gasteiger partial charge in [-0.1, -0.05) is 0 Å². The van der Waals surface area contributed by atoms with Crippen LogP contribution in [-0.4, -0.2) is 49.3 Å². The van der Waals surface area contributed by atoms with Crippen LogP contribution in [0.25, 0.3) is 0 Å². The summed E-state index contributed by atoms with van der Waals surface area (Å²) in [5.74, 6) is 0.830. The predicted molar refractivity (Wildman–Crippen MR) is 76.1 cm³/mol. The number of aromatic nitrogens is 1. The molecule has 2 atom stereocenters. The third-order valence-corrected chi connectivity index (χ3v) is 3.06. The van der Waals surface area contributed by atoms with Crippen LogP contribution in [0.3, 0.4) is 0 Å². The molecule has 18 heavy (non-hydrogen) atoms. The number of hydrogen-bond acceptors (Lipinski definition) is 4. The molecule has 1 aliphatic heterocycles. The maximum Gasteiger partial charge on any atom is 0.137 e. The highest BCUT2D eigenvalue weighted by Crippen LogP contribution is 2.19. The molecule has 0 saturated carbocycles. The second-order valence-corrected chi connectivity index (χ2v) is 4.19. The van der Waals surface area contributed by atoms with Crippen LogP contribution in [0.5, 0.6) is 5.75 Å². The fourth-order valence-electron chi connectivity index (χ4n) is 2.02. The molecule has 0 bridgehead atoms. The molecule has 2 heterocycles.